The van der Waals surface area contributed by atoms with Gasteiger partial charge in [-0.15, -0.1) is 0 Å². The minimum absolute atomic E-state index is 0.0244. The van der Waals surface area contributed by atoms with E-state index in [0.29, 0.717) is 46.0 Å². The lowest BCUT2D eigenvalue weighted by Gasteiger charge is -2.36. The molecule has 0 fully saturated rings. The van der Waals surface area contributed by atoms with Crippen LogP contribution in [0.3, 0.4) is 0 Å². The van der Waals surface area contributed by atoms with Gasteiger partial charge in [0.15, 0.2) is 5.60 Å². The second kappa shape index (κ2) is 15.5. The van der Waals surface area contributed by atoms with E-state index in [1.807, 2.05) is 18.2 Å². The molecule has 242 valence electrons. The second-order valence-corrected chi connectivity index (χ2v) is 12.7. The Morgan fingerprint density at radius 3 is 1.87 bits per heavy atom. The number of fused-ring (bicyclic) bond motifs is 6. The van der Waals surface area contributed by atoms with E-state index < -0.39 is 11.6 Å². The molecule has 0 aliphatic carbocycles. The monoisotopic (exact) mass is 615 g/mol. The van der Waals surface area contributed by atoms with Crippen LogP contribution in [0, 0.1) is 0 Å². The van der Waals surface area contributed by atoms with Crippen LogP contribution in [0.2, 0.25) is 0 Å². The van der Waals surface area contributed by atoms with Gasteiger partial charge in [-0.25, -0.2) is 4.79 Å². The predicted octanol–water partition coefficient (Wildman–Crippen LogP) is 9.31. The van der Waals surface area contributed by atoms with E-state index in [1.165, 1.54) is 76.3 Å². The standard InChI is InChI=1S/C38H49NO6/c1-2-3-4-5-6-7-8-9-10-11-12-16-27(40)17-13-14-24-39-33-19-15-18-32-36(33)37(43)45-38(32)30-22-20-28(41)25-34(30)44-35-26-29(42)21-23-31(35)38/h15,18-23,25-27,39-42H,2-14,16-17,24H2,1H3. The number of benzene rings is 3. The number of carbonyl (C=O) groups excluding carboxylic acids is 1. The van der Waals surface area contributed by atoms with Gasteiger partial charge in [-0.3, -0.25) is 0 Å². The fourth-order valence-electron chi connectivity index (χ4n) is 6.81. The van der Waals surface area contributed by atoms with Crippen molar-refractivity contribution in [3.8, 4) is 23.0 Å². The smallest absolute Gasteiger partial charge is 0.342 e. The van der Waals surface area contributed by atoms with Crippen LogP contribution >= 0.6 is 0 Å². The Bertz CT molecular complexity index is 1380. The van der Waals surface area contributed by atoms with Gasteiger partial charge in [0.1, 0.15) is 23.0 Å². The minimum Gasteiger partial charge on any atom is -0.508 e. The number of nitrogens with one attached hydrogen (secondary N) is 1. The summed E-state index contributed by atoms with van der Waals surface area (Å²) in [6, 6.07) is 15.2. The van der Waals surface area contributed by atoms with Gasteiger partial charge >= 0.3 is 5.97 Å². The number of phenols is 2. The lowest BCUT2D eigenvalue weighted by molar-refractivity contribution is 0.0224. The van der Waals surface area contributed by atoms with Crippen LogP contribution in [-0.4, -0.2) is 33.9 Å². The molecule has 7 heteroatoms. The van der Waals surface area contributed by atoms with Gasteiger partial charge < -0.3 is 30.1 Å². The highest BCUT2D eigenvalue weighted by Gasteiger charge is 2.54. The van der Waals surface area contributed by atoms with Gasteiger partial charge in [0.25, 0.3) is 0 Å². The summed E-state index contributed by atoms with van der Waals surface area (Å²) in [5.41, 5.74) is 1.79. The molecule has 3 aromatic rings. The molecule has 4 N–H and O–H groups in total. The Morgan fingerprint density at radius 2 is 1.27 bits per heavy atom. The van der Waals surface area contributed by atoms with E-state index in [9.17, 15) is 20.1 Å². The molecule has 1 atom stereocenters. The van der Waals surface area contributed by atoms with Crippen LogP contribution in [0.15, 0.2) is 54.6 Å². The summed E-state index contributed by atoms with van der Waals surface area (Å²) >= 11 is 0. The molecule has 0 radical (unpaired) electrons. The highest BCUT2D eigenvalue weighted by molar-refractivity contribution is 6.02. The number of esters is 1. The normalized spacial score (nSPS) is 14.8. The minimum atomic E-state index is -1.27. The molecule has 5 rings (SSSR count). The first-order chi connectivity index (χ1) is 21.9. The molecule has 7 nitrogen and oxygen atoms in total. The summed E-state index contributed by atoms with van der Waals surface area (Å²) in [6.07, 6.45) is 17.6. The van der Waals surface area contributed by atoms with Crippen LogP contribution < -0.4 is 10.1 Å². The maximum atomic E-state index is 13.5. The van der Waals surface area contributed by atoms with E-state index in [1.54, 1.807) is 24.3 Å². The number of anilines is 1. The fraction of sp³-hybridized carbons (Fsp3) is 0.500. The highest BCUT2D eigenvalue weighted by Crippen LogP contribution is 2.57. The van der Waals surface area contributed by atoms with Gasteiger partial charge in [-0.2, -0.15) is 0 Å². The number of aromatic hydroxyl groups is 2. The molecule has 0 saturated heterocycles. The molecule has 2 heterocycles. The van der Waals surface area contributed by atoms with E-state index in [4.69, 9.17) is 9.47 Å². The molecular formula is C38H49NO6. The number of hydrogen-bond acceptors (Lipinski definition) is 7. The summed E-state index contributed by atoms with van der Waals surface area (Å²) in [4.78, 5) is 13.5. The van der Waals surface area contributed by atoms with Crippen LogP contribution in [0.1, 0.15) is 130 Å². The largest absolute Gasteiger partial charge is 0.508 e. The maximum absolute atomic E-state index is 13.5. The van der Waals surface area contributed by atoms with Crippen LogP contribution in [0.25, 0.3) is 0 Å². The summed E-state index contributed by atoms with van der Waals surface area (Å²) in [5.74, 6) is 0.320. The first-order valence-electron chi connectivity index (χ1n) is 17.1. The van der Waals surface area contributed by atoms with Gasteiger partial charge in [0.2, 0.25) is 0 Å². The summed E-state index contributed by atoms with van der Waals surface area (Å²) in [6.45, 7) is 2.93. The van der Waals surface area contributed by atoms with Crippen LogP contribution in [-0.2, 0) is 10.3 Å². The number of rotatable bonds is 18. The lowest BCUT2D eigenvalue weighted by atomic mass is 9.77. The average molecular weight is 616 g/mol. The molecule has 0 bridgehead atoms. The first-order valence-corrected chi connectivity index (χ1v) is 17.1. The fourth-order valence-corrected chi connectivity index (χ4v) is 6.81. The molecule has 2 aliphatic heterocycles. The van der Waals surface area contributed by atoms with Crippen molar-refractivity contribution in [2.24, 2.45) is 0 Å². The van der Waals surface area contributed by atoms with E-state index in [0.717, 1.165) is 32.1 Å². The third-order valence-corrected chi connectivity index (χ3v) is 9.22. The Morgan fingerprint density at radius 1 is 0.711 bits per heavy atom. The molecular weight excluding hydrogens is 566 g/mol. The maximum Gasteiger partial charge on any atom is 0.342 e. The van der Waals surface area contributed by atoms with Crippen molar-refractivity contribution in [1.29, 1.82) is 0 Å². The molecule has 1 unspecified atom stereocenters. The summed E-state index contributed by atoms with van der Waals surface area (Å²) in [7, 11) is 0. The summed E-state index contributed by atoms with van der Waals surface area (Å²) < 4.78 is 12.3. The molecule has 0 amide bonds. The molecule has 1 spiro atoms. The van der Waals surface area contributed by atoms with Crippen molar-refractivity contribution in [1.82, 2.24) is 0 Å². The van der Waals surface area contributed by atoms with Gasteiger partial charge in [0.05, 0.1) is 11.7 Å². The third-order valence-electron chi connectivity index (χ3n) is 9.22. The zero-order chi connectivity index (χ0) is 31.6. The van der Waals surface area contributed by atoms with E-state index >= 15 is 0 Å². The number of unbranched alkanes of at least 4 members (excludes halogenated alkanes) is 11. The lowest BCUT2D eigenvalue weighted by Crippen LogP contribution is -2.32. The van der Waals surface area contributed by atoms with Gasteiger partial charge in [-0.05, 0) is 56.0 Å². The quantitative estimate of drug-likeness (QED) is 0.0834. The van der Waals surface area contributed by atoms with E-state index in [-0.39, 0.29) is 17.6 Å². The van der Waals surface area contributed by atoms with Crippen molar-refractivity contribution in [2.75, 3.05) is 11.9 Å². The number of hydrogen-bond donors (Lipinski definition) is 4. The third kappa shape index (κ3) is 7.58. The number of carbonyl (C=O) groups is 1. The van der Waals surface area contributed by atoms with Crippen molar-refractivity contribution in [2.45, 2.75) is 115 Å². The van der Waals surface area contributed by atoms with E-state index in [2.05, 4.69) is 12.2 Å². The molecule has 0 saturated carbocycles. The molecule has 2 aliphatic rings. The highest BCUT2D eigenvalue weighted by atomic mass is 16.6. The Kier molecular flexibility index (Phi) is 11.3. The number of aliphatic hydroxyl groups is 1. The molecule has 45 heavy (non-hydrogen) atoms. The Balaban J connectivity index is 1.11. The van der Waals surface area contributed by atoms with Crippen molar-refractivity contribution in [3.05, 3.63) is 76.9 Å². The van der Waals surface area contributed by atoms with Gasteiger partial charge in [0, 0.05) is 41.1 Å². The SMILES string of the molecule is CCCCCCCCCCCCCC(O)CCCCNc1cccc2c1C(=O)OC21c2ccc(O)cc2Oc2cc(O)ccc21. The van der Waals surface area contributed by atoms with Crippen molar-refractivity contribution >= 4 is 11.7 Å². The zero-order valence-electron chi connectivity index (χ0n) is 26.7. The number of phenolic OH excluding ortho intramolecular Hbond substituents is 2. The van der Waals surface area contributed by atoms with Gasteiger partial charge in [-0.1, -0.05) is 89.7 Å². The number of aliphatic hydroxyl groups excluding tert-OH is 1. The molecule has 3 aromatic carbocycles. The summed E-state index contributed by atoms with van der Waals surface area (Å²) in [5, 5.41) is 34.2. The second-order valence-electron chi connectivity index (χ2n) is 12.7. The Hall–Kier alpha value is -3.71. The molecule has 0 aromatic heterocycles. The predicted molar refractivity (Wildman–Crippen MR) is 177 cm³/mol. The topological polar surface area (TPSA) is 108 Å². The van der Waals surface area contributed by atoms with Crippen LogP contribution in [0.5, 0.6) is 23.0 Å². The zero-order valence-corrected chi connectivity index (χ0v) is 26.7. The average Bonchev–Trinajstić information content (AvgIpc) is 3.32. The number of ether oxygens (including phenoxy) is 2. The Labute approximate surface area is 267 Å². The van der Waals surface area contributed by atoms with Crippen molar-refractivity contribution in [3.63, 3.8) is 0 Å². The van der Waals surface area contributed by atoms with Crippen LogP contribution in [0.4, 0.5) is 5.69 Å². The van der Waals surface area contributed by atoms with Crippen molar-refractivity contribution < 1.29 is 29.6 Å². The first kappa shape index (κ1) is 32.7.